The van der Waals surface area contributed by atoms with Gasteiger partial charge in [-0.2, -0.15) is 0 Å². The van der Waals surface area contributed by atoms with Gasteiger partial charge in [-0.1, -0.05) is 34.1 Å². The summed E-state index contributed by atoms with van der Waals surface area (Å²) in [7, 11) is 3.38. The number of hydrogen-bond donors (Lipinski definition) is 1. The highest BCUT2D eigenvalue weighted by molar-refractivity contribution is 9.10. The normalized spacial score (nSPS) is 10.3. The zero-order valence-electron chi connectivity index (χ0n) is 11.7. The van der Waals surface area contributed by atoms with Crippen LogP contribution in [0.1, 0.15) is 11.1 Å². The molecule has 106 valence electrons. The van der Waals surface area contributed by atoms with Crippen LogP contribution in [0.25, 0.3) is 0 Å². The molecule has 0 amide bonds. The third-order valence-electron chi connectivity index (χ3n) is 3.04. The first kappa shape index (κ1) is 14.9. The highest BCUT2D eigenvalue weighted by atomic mass is 79.9. The van der Waals surface area contributed by atoms with Crippen LogP contribution in [0.2, 0.25) is 0 Å². The zero-order chi connectivity index (χ0) is 14.4. The number of rotatable bonds is 6. The summed E-state index contributed by atoms with van der Waals surface area (Å²) in [5, 5.41) is 3.44. The van der Waals surface area contributed by atoms with Gasteiger partial charge in [-0.15, -0.1) is 0 Å². The molecule has 0 heterocycles. The van der Waals surface area contributed by atoms with E-state index in [-0.39, 0.29) is 0 Å². The van der Waals surface area contributed by atoms with Crippen LogP contribution in [0.3, 0.4) is 0 Å². The molecule has 1 N–H and O–H groups in total. The zero-order valence-corrected chi connectivity index (χ0v) is 13.2. The van der Waals surface area contributed by atoms with Crippen molar-refractivity contribution < 1.29 is 9.47 Å². The molecule has 3 nitrogen and oxygen atoms in total. The molecule has 0 fully saturated rings. The van der Waals surface area contributed by atoms with E-state index in [1.54, 1.807) is 14.2 Å². The molecule has 0 saturated heterocycles. The highest BCUT2D eigenvalue weighted by Crippen LogP contribution is 2.24. The number of hydrogen-bond acceptors (Lipinski definition) is 3. The number of ether oxygens (including phenoxy) is 2. The number of halogens is 1. The molecule has 0 radical (unpaired) electrons. The van der Waals surface area contributed by atoms with Crippen LogP contribution >= 0.6 is 15.9 Å². The smallest absolute Gasteiger partial charge is 0.119 e. The quantitative estimate of drug-likeness (QED) is 0.857. The Bertz CT molecular complexity index is 572. The molecule has 2 aromatic carbocycles. The Morgan fingerprint density at radius 3 is 2.60 bits per heavy atom. The fraction of sp³-hybridized carbons (Fsp3) is 0.250. The van der Waals surface area contributed by atoms with E-state index in [2.05, 4.69) is 33.4 Å². The van der Waals surface area contributed by atoms with Gasteiger partial charge in [0.1, 0.15) is 5.75 Å². The number of para-hydroxylation sites is 1. The van der Waals surface area contributed by atoms with Crippen molar-refractivity contribution in [3.05, 3.63) is 58.1 Å². The Kier molecular flexibility index (Phi) is 5.44. The first-order valence-corrected chi connectivity index (χ1v) is 7.17. The van der Waals surface area contributed by atoms with Gasteiger partial charge in [0.25, 0.3) is 0 Å². The van der Waals surface area contributed by atoms with Crippen molar-refractivity contribution in [1.82, 2.24) is 0 Å². The summed E-state index contributed by atoms with van der Waals surface area (Å²) in [6.07, 6.45) is 0. The van der Waals surface area contributed by atoms with E-state index in [0.717, 1.165) is 33.6 Å². The summed E-state index contributed by atoms with van der Waals surface area (Å²) in [5.41, 5.74) is 3.38. The minimum absolute atomic E-state index is 0.600. The summed E-state index contributed by atoms with van der Waals surface area (Å²) in [6, 6.07) is 14.1. The second-order valence-electron chi connectivity index (χ2n) is 4.40. The minimum atomic E-state index is 0.600. The molecule has 0 aliphatic carbocycles. The van der Waals surface area contributed by atoms with Gasteiger partial charge < -0.3 is 14.8 Å². The van der Waals surface area contributed by atoms with Crippen LogP contribution in [0.4, 0.5) is 5.69 Å². The van der Waals surface area contributed by atoms with Crippen LogP contribution in [0.5, 0.6) is 5.75 Å². The lowest BCUT2D eigenvalue weighted by molar-refractivity contribution is 0.185. The molecule has 2 rings (SSSR count). The molecule has 0 aliphatic rings. The van der Waals surface area contributed by atoms with Gasteiger partial charge >= 0.3 is 0 Å². The molecule has 0 aliphatic heterocycles. The third kappa shape index (κ3) is 3.74. The fourth-order valence-corrected chi connectivity index (χ4v) is 2.36. The maximum Gasteiger partial charge on any atom is 0.119 e. The van der Waals surface area contributed by atoms with Crippen molar-refractivity contribution >= 4 is 21.6 Å². The average molecular weight is 336 g/mol. The van der Waals surface area contributed by atoms with Crippen molar-refractivity contribution in [1.29, 1.82) is 0 Å². The lowest BCUT2D eigenvalue weighted by Crippen LogP contribution is -2.04. The molecule has 20 heavy (non-hydrogen) atoms. The maximum absolute atomic E-state index is 5.26. The standard InChI is InChI=1S/C16H18BrNO2/c1-19-11-12-5-3-4-6-16(12)18-10-13-9-14(20-2)7-8-15(13)17/h3-9,18H,10-11H2,1-2H3. The number of benzene rings is 2. The first-order chi connectivity index (χ1) is 9.74. The maximum atomic E-state index is 5.26. The predicted octanol–water partition coefficient (Wildman–Crippen LogP) is 4.22. The van der Waals surface area contributed by atoms with E-state index in [9.17, 15) is 0 Å². The van der Waals surface area contributed by atoms with Gasteiger partial charge in [-0.05, 0) is 29.8 Å². The van der Waals surface area contributed by atoms with Gasteiger partial charge in [0.2, 0.25) is 0 Å². The topological polar surface area (TPSA) is 30.5 Å². The van der Waals surface area contributed by atoms with Crippen molar-refractivity contribution in [3.8, 4) is 5.75 Å². The summed E-state index contributed by atoms with van der Waals surface area (Å²) >= 11 is 3.56. The van der Waals surface area contributed by atoms with E-state index >= 15 is 0 Å². The van der Waals surface area contributed by atoms with E-state index in [1.807, 2.05) is 30.3 Å². The van der Waals surface area contributed by atoms with E-state index in [4.69, 9.17) is 9.47 Å². The number of nitrogens with one attached hydrogen (secondary N) is 1. The van der Waals surface area contributed by atoms with E-state index in [1.165, 1.54) is 0 Å². The molecule has 0 unspecified atom stereocenters. The van der Waals surface area contributed by atoms with Crippen LogP contribution in [0.15, 0.2) is 46.9 Å². The molecule has 0 atom stereocenters. The fourth-order valence-electron chi connectivity index (χ4n) is 1.98. The molecular weight excluding hydrogens is 318 g/mol. The van der Waals surface area contributed by atoms with E-state index in [0.29, 0.717) is 6.61 Å². The van der Waals surface area contributed by atoms with Gasteiger partial charge in [0.15, 0.2) is 0 Å². The predicted molar refractivity (Wildman–Crippen MR) is 85.2 cm³/mol. The van der Waals surface area contributed by atoms with Crippen molar-refractivity contribution in [2.24, 2.45) is 0 Å². The summed E-state index contributed by atoms with van der Waals surface area (Å²) in [5.74, 6) is 0.857. The molecular formula is C16H18BrNO2. The Hall–Kier alpha value is -1.52. The molecule has 0 spiro atoms. The molecule has 2 aromatic rings. The lowest BCUT2D eigenvalue weighted by atomic mass is 10.1. The van der Waals surface area contributed by atoms with E-state index < -0.39 is 0 Å². The lowest BCUT2D eigenvalue weighted by Gasteiger charge is -2.13. The van der Waals surface area contributed by atoms with Crippen molar-refractivity contribution in [2.45, 2.75) is 13.2 Å². The number of methoxy groups -OCH3 is 2. The summed E-state index contributed by atoms with van der Waals surface area (Å²) in [6.45, 7) is 1.32. The second kappa shape index (κ2) is 7.31. The van der Waals surface area contributed by atoms with Gasteiger partial charge in [0.05, 0.1) is 13.7 Å². The molecule has 0 bridgehead atoms. The first-order valence-electron chi connectivity index (χ1n) is 6.37. The van der Waals surface area contributed by atoms with Gasteiger partial charge in [0, 0.05) is 29.4 Å². The van der Waals surface area contributed by atoms with Crippen LogP contribution in [0, 0.1) is 0 Å². The largest absolute Gasteiger partial charge is 0.497 e. The Balaban J connectivity index is 2.12. The highest BCUT2D eigenvalue weighted by Gasteiger charge is 2.05. The van der Waals surface area contributed by atoms with Crippen LogP contribution in [-0.2, 0) is 17.9 Å². The minimum Gasteiger partial charge on any atom is -0.497 e. The van der Waals surface area contributed by atoms with Crippen LogP contribution in [-0.4, -0.2) is 14.2 Å². The second-order valence-corrected chi connectivity index (χ2v) is 5.26. The molecule has 0 aromatic heterocycles. The SMILES string of the molecule is COCc1ccccc1NCc1cc(OC)ccc1Br. The Labute approximate surface area is 128 Å². The van der Waals surface area contributed by atoms with Gasteiger partial charge in [-0.25, -0.2) is 0 Å². The van der Waals surface area contributed by atoms with Crippen molar-refractivity contribution in [3.63, 3.8) is 0 Å². The molecule has 0 saturated carbocycles. The average Bonchev–Trinajstić information content (AvgIpc) is 2.48. The van der Waals surface area contributed by atoms with Crippen LogP contribution < -0.4 is 10.1 Å². The monoisotopic (exact) mass is 335 g/mol. The Morgan fingerprint density at radius 2 is 1.85 bits per heavy atom. The van der Waals surface area contributed by atoms with Gasteiger partial charge in [-0.3, -0.25) is 0 Å². The molecule has 4 heteroatoms. The number of anilines is 1. The van der Waals surface area contributed by atoms with Crippen molar-refractivity contribution in [2.75, 3.05) is 19.5 Å². The summed E-state index contributed by atoms with van der Waals surface area (Å²) < 4.78 is 11.5. The third-order valence-corrected chi connectivity index (χ3v) is 3.81. The Morgan fingerprint density at radius 1 is 1.05 bits per heavy atom. The summed E-state index contributed by atoms with van der Waals surface area (Å²) in [4.78, 5) is 0.